The molecule has 4 heteroatoms. The van der Waals surface area contributed by atoms with Gasteiger partial charge in [0, 0.05) is 43.3 Å². The fourth-order valence-corrected chi connectivity index (χ4v) is 1.88. The van der Waals surface area contributed by atoms with Crippen molar-refractivity contribution in [1.82, 2.24) is 9.78 Å². The average Bonchev–Trinajstić information content (AvgIpc) is 2.72. The van der Waals surface area contributed by atoms with Crippen molar-refractivity contribution in [1.29, 1.82) is 0 Å². The lowest BCUT2D eigenvalue weighted by Gasteiger charge is -2.22. The Kier molecular flexibility index (Phi) is 3.32. The number of rotatable bonds is 4. The van der Waals surface area contributed by atoms with Crippen LogP contribution in [0, 0.1) is 0 Å². The quantitative estimate of drug-likeness (QED) is 0.817. The Balaban J connectivity index is 2.16. The summed E-state index contributed by atoms with van der Waals surface area (Å²) in [4.78, 5) is 2.27. The predicted molar refractivity (Wildman–Crippen MR) is 70.8 cm³/mol. The van der Waals surface area contributed by atoms with Crippen LogP contribution in [0.2, 0.25) is 0 Å². The van der Waals surface area contributed by atoms with Crippen LogP contribution in [0.25, 0.3) is 0 Å². The van der Waals surface area contributed by atoms with Crippen molar-refractivity contribution in [2.45, 2.75) is 13.5 Å². The first kappa shape index (κ1) is 11.5. The molecule has 1 aromatic heterocycles. The number of aryl methyl sites for hydroxylation is 1. The zero-order valence-corrected chi connectivity index (χ0v) is 10.3. The van der Waals surface area contributed by atoms with Gasteiger partial charge in [0.1, 0.15) is 0 Å². The fraction of sp³-hybridized carbons (Fsp3) is 0.308. The highest BCUT2D eigenvalue weighted by Gasteiger charge is 2.06. The average molecular weight is 230 g/mol. The van der Waals surface area contributed by atoms with E-state index in [1.165, 1.54) is 5.56 Å². The van der Waals surface area contributed by atoms with Crippen LogP contribution in [-0.4, -0.2) is 16.3 Å². The summed E-state index contributed by atoms with van der Waals surface area (Å²) >= 11 is 0. The summed E-state index contributed by atoms with van der Waals surface area (Å²) in [5.74, 6) is 0. The molecule has 0 unspecified atom stereocenters. The highest BCUT2D eigenvalue weighted by molar-refractivity contribution is 5.56. The molecular formula is C13H18N4. The van der Waals surface area contributed by atoms with Crippen molar-refractivity contribution >= 4 is 11.4 Å². The van der Waals surface area contributed by atoms with Gasteiger partial charge in [0.05, 0.1) is 6.20 Å². The number of hydrogen-bond acceptors (Lipinski definition) is 3. The summed E-state index contributed by atoms with van der Waals surface area (Å²) in [6, 6.07) is 7.97. The standard InChI is InChI=1S/C13H18N4/c1-3-17(10-11-8-15-16(2)9-11)13-6-4-5-12(14)7-13/h4-9H,3,10,14H2,1-2H3. The third-order valence-corrected chi connectivity index (χ3v) is 2.75. The van der Waals surface area contributed by atoms with Crippen LogP contribution in [0.3, 0.4) is 0 Å². The Morgan fingerprint density at radius 3 is 2.82 bits per heavy atom. The van der Waals surface area contributed by atoms with Gasteiger partial charge in [-0.1, -0.05) is 6.07 Å². The van der Waals surface area contributed by atoms with Crippen molar-refractivity contribution in [2.24, 2.45) is 7.05 Å². The second kappa shape index (κ2) is 4.91. The molecule has 90 valence electrons. The summed E-state index contributed by atoms with van der Waals surface area (Å²) in [7, 11) is 1.93. The molecule has 0 saturated heterocycles. The number of nitrogens with two attached hydrogens (primary N) is 1. The molecule has 1 heterocycles. The predicted octanol–water partition coefficient (Wildman–Crippen LogP) is 2.03. The summed E-state index contributed by atoms with van der Waals surface area (Å²) in [5, 5.41) is 4.18. The first-order chi connectivity index (χ1) is 8.19. The van der Waals surface area contributed by atoms with E-state index in [1.807, 2.05) is 42.3 Å². The smallest absolute Gasteiger partial charge is 0.0539 e. The van der Waals surface area contributed by atoms with Crippen molar-refractivity contribution in [3.8, 4) is 0 Å². The SMILES string of the molecule is CCN(Cc1cnn(C)c1)c1cccc(N)c1. The molecule has 2 N–H and O–H groups in total. The minimum atomic E-state index is 0.798. The lowest BCUT2D eigenvalue weighted by molar-refractivity contribution is 0.765. The van der Waals surface area contributed by atoms with Crippen LogP contribution in [0.4, 0.5) is 11.4 Å². The van der Waals surface area contributed by atoms with Gasteiger partial charge in [-0.15, -0.1) is 0 Å². The number of anilines is 2. The lowest BCUT2D eigenvalue weighted by atomic mass is 10.2. The molecule has 0 fully saturated rings. The largest absolute Gasteiger partial charge is 0.399 e. The molecule has 0 aliphatic rings. The van der Waals surface area contributed by atoms with E-state index in [0.717, 1.165) is 24.5 Å². The molecule has 0 aliphatic carbocycles. The van der Waals surface area contributed by atoms with E-state index in [0.29, 0.717) is 0 Å². The Bertz CT molecular complexity index is 490. The Morgan fingerprint density at radius 1 is 1.41 bits per heavy atom. The minimum absolute atomic E-state index is 0.798. The van der Waals surface area contributed by atoms with Crippen LogP contribution in [-0.2, 0) is 13.6 Å². The third kappa shape index (κ3) is 2.78. The monoisotopic (exact) mass is 230 g/mol. The first-order valence-corrected chi connectivity index (χ1v) is 5.77. The van der Waals surface area contributed by atoms with Gasteiger partial charge in [-0.2, -0.15) is 5.10 Å². The van der Waals surface area contributed by atoms with Crippen molar-refractivity contribution in [2.75, 3.05) is 17.2 Å². The third-order valence-electron chi connectivity index (χ3n) is 2.75. The maximum Gasteiger partial charge on any atom is 0.0539 e. The number of aromatic nitrogens is 2. The second-order valence-electron chi connectivity index (χ2n) is 4.13. The fourth-order valence-electron chi connectivity index (χ4n) is 1.88. The molecule has 4 nitrogen and oxygen atoms in total. The number of benzene rings is 1. The molecule has 1 aromatic carbocycles. The molecule has 0 radical (unpaired) electrons. The number of nitrogens with zero attached hydrogens (tertiary/aromatic N) is 3. The first-order valence-electron chi connectivity index (χ1n) is 5.77. The molecule has 0 atom stereocenters. The van der Waals surface area contributed by atoms with E-state index < -0.39 is 0 Å². The van der Waals surface area contributed by atoms with Gasteiger partial charge < -0.3 is 10.6 Å². The zero-order chi connectivity index (χ0) is 12.3. The lowest BCUT2D eigenvalue weighted by Crippen LogP contribution is -2.21. The molecule has 0 bridgehead atoms. The summed E-state index contributed by atoms with van der Waals surface area (Å²) in [6.07, 6.45) is 3.93. The van der Waals surface area contributed by atoms with Gasteiger partial charge >= 0.3 is 0 Å². The van der Waals surface area contributed by atoms with Gasteiger partial charge in [-0.3, -0.25) is 4.68 Å². The maximum absolute atomic E-state index is 5.81. The molecule has 17 heavy (non-hydrogen) atoms. The Hall–Kier alpha value is -1.97. The van der Waals surface area contributed by atoms with Crippen molar-refractivity contribution in [3.63, 3.8) is 0 Å². The van der Waals surface area contributed by atoms with E-state index in [9.17, 15) is 0 Å². The van der Waals surface area contributed by atoms with Crippen LogP contribution >= 0.6 is 0 Å². The summed E-state index contributed by atoms with van der Waals surface area (Å²) in [6.45, 7) is 3.94. The van der Waals surface area contributed by atoms with Crippen molar-refractivity contribution in [3.05, 3.63) is 42.2 Å². The van der Waals surface area contributed by atoms with Crippen LogP contribution < -0.4 is 10.6 Å². The summed E-state index contributed by atoms with van der Waals surface area (Å²) < 4.78 is 1.82. The van der Waals surface area contributed by atoms with E-state index >= 15 is 0 Å². The number of nitrogen functional groups attached to an aromatic ring is 1. The van der Waals surface area contributed by atoms with Gasteiger partial charge in [0.15, 0.2) is 0 Å². The van der Waals surface area contributed by atoms with Crippen LogP contribution in [0.1, 0.15) is 12.5 Å². The van der Waals surface area contributed by atoms with Crippen LogP contribution in [0.5, 0.6) is 0 Å². The summed E-state index contributed by atoms with van der Waals surface area (Å²) in [5.41, 5.74) is 8.96. The molecule has 0 saturated carbocycles. The zero-order valence-electron chi connectivity index (χ0n) is 10.3. The molecule has 0 spiro atoms. The van der Waals surface area contributed by atoms with Crippen molar-refractivity contribution < 1.29 is 0 Å². The van der Waals surface area contributed by atoms with Gasteiger partial charge in [-0.25, -0.2) is 0 Å². The van der Waals surface area contributed by atoms with E-state index in [-0.39, 0.29) is 0 Å². The molecule has 2 aromatic rings. The molecular weight excluding hydrogens is 212 g/mol. The van der Waals surface area contributed by atoms with Gasteiger partial charge in [0.25, 0.3) is 0 Å². The van der Waals surface area contributed by atoms with E-state index in [2.05, 4.69) is 23.0 Å². The van der Waals surface area contributed by atoms with Gasteiger partial charge in [0.2, 0.25) is 0 Å². The number of hydrogen-bond donors (Lipinski definition) is 1. The van der Waals surface area contributed by atoms with Gasteiger partial charge in [-0.05, 0) is 25.1 Å². The normalized spacial score (nSPS) is 10.5. The Labute approximate surface area is 102 Å². The van der Waals surface area contributed by atoms with E-state index in [4.69, 9.17) is 5.73 Å². The maximum atomic E-state index is 5.81. The molecule has 0 amide bonds. The van der Waals surface area contributed by atoms with Crippen LogP contribution in [0.15, 0.2) is 36.7 Å². The minimum Gasteiger partial charge on any atom is -0.399 e. The second-order valence-corrected chi connectivity index (χ2v) is 4.13. The topological polar surface area (TPSA) is 47.1 Å². The highest BCUT2D eigenvalue weighted by Crippen LogP contribution is 2.19. The molecule has 0 aliphatic heterocycles. The van der Waals surface area contributed by atoms with E-state index in [1.54, 1.807) is 0 Å². The molecule has 2 rings (SSSR count). The Morgan fingerprint density at radius 2 is 2.24 bits per heavy atom. The highest BCUT2D eigenvalue weighted by atomic mass is 15.2.